The Balaban J connectivity index is 1.81. The Morgan fingerprint density at radius 2 is 1.91 bits per heavy atom. The molecule has 2 rings (SSSR count). The molecule has 8 heteroatoms. The number of carbonyl (C=O) groups is 1. The van der Waals surface area contributed by atoms with E-state index in [1.165, 1.54) is 10.6 Å². The average molecular weight is 340 g/mol. The molecular weight excluding hydrogens is 316 g/mol. The van der Waals surface area contributed by atoms with Gasteiger partial charge >= 0.3 is 0 Å². The van der Waals surface area contributed by atoms with Crippen LogP contribution in [0.1, 0.15) is 11.3 Å². The summed E-state index contributed by atoms with van der Waals surface area (Å²) in [6.07, 6.45) is 3.01. The molecule has 1 saturated heterocycles. The van der Waals surface area contributed by atoms with E-state index in [0.717, 1.165) is 11.3 Å². The van der Waals surface area contributed by atoms with Crippen LogP contribution < -0.4 is 0 Å². The highest BCUT2D eigenvalue weighted by molar-refractivity contribution is 7.88. The van der Waals surface area contributed by atoms with E-state index in [-0.39, 0.29) is 5.91 Å². The number of carbonyl (C=O) groups excluding carboxylic acids is 1. The predicted octanol–water partition coefficient (Wildman–Crippen LogP) is -0.0744. The summed E-state index contributed by atoms with van der Waals surface area (Å²) in [6, 6.07) is 3.90. The minimum Gasteiger partial charge on any atom is -0.339 e. The van der Waals surface area contributed by atoms with Crippen LogP contribution in [0.3, 0.4) is 0 Å². The van der Waals surface area contributed by atoms with Crippen LogP contribution in [-0.4, -0.2) is 79.4 Å². The van der Waals surface area contributed by atoms with Crippen LogP contribution in [0, 0.1) is 6.92 Å². The number of nitrogens with zero attached hydrogens (tertiary/aromatic N) is 4. The largest absolute Gasteiger partial charge is 0.339 e. The normalized spacial score (nSPS) is 17.2. The minimum atomic E-state index is -3.14. The average Bonchev–Trinajstić information content (AvgIpc) is 2.49. The van der Waals surface area contributed by atoms with E-state index >= 15 is 0 Å². The van der Waals surface area contributed by atoms with Gasteiger partial charge in [-0.15, -0.1) is 0 Å². The predicted molar refractivity (Wildman–Crippen MR) is 88.3 cm³/mol. The molecule has 1 aromatic heterocycles. The molecule has 0 unspecified atom stereocenters. The SMILES string of the molecule is Cc1ccc(CN(C)C(=O)CN2CCN(S(C)(=O)=O)CC2)nc1. The Kier molecular flexibility index (Phi) is 5.72. The molecule has 0 atom stereocenters. The third-order valence-corrected chi connectivity index (χ3v) is 5.26. The van der Waals surface area contributed by atoms with Gasteiger partial charge in [0.05, 0.1) is 25.0 Å². The molecule has 1 amide bonds. The maximum Gasteiger partial charge on any atom is 0.236 e. The molecule has 0 saturated carbocycles. The summed E-state index contributed by atoms with van der Waals surface area (Å²) < 4.78 is 24.4. The molecule has 0 aliphatic carbocycles. The van der Waals surface area contributed by atoms with Crippen LogP contribution in [-0.2, 0) is 21.4 Å². The summed E-state index contributed by atoms with van der Waals surface area (Å²) >= 11 is 0. The van der Waals surface area contributed by atoms with Crippen molar-refractivity contribution in [3.05, 3.63) is 29.6 Å². The number of likely N-dealkylation sites (N-methyl/N-ethyl adjacent to an activating group) is 1. The van der Waals surface area contributed by atoms with Gasteiger partial charge < -0.3 is 4.90 Å². The van der Waals surface area contributed by atoms with Gasteiger partial charge in [0.25, 0.3) is 0 Å². The molecule has 23 heavy (non-hydrogen) atoms. The summed E-state index contributed by atoms with van der Waals surface area (Å²) in [6.45, 7) is 4.79. The van der Waals surface area contributed by atoms with Gasteiger partial charge in [-0.2, -0.15) is 4.31 Å². The zero-order chi connectivity index (χ0) is 17.0. The fourth-order valence-corrected chi connectivity index (χ4v) is 3.28. The van der Waals surface area contributed by atoms with Crippen molar-refractivity contribution in [1.82, 2.24) is 19.1 Å². The first-order valence-electron chi connectivity index (χ1n) is 7.58. The lowest BCUT2D eigenvalue weighted by Crippen LogP contribution is -2.50. The Labute approximate surface area is 137 Å². The smallest absolute Gasteiger partial charge is 0.236 e. The quantitative estimate of drug-likeness (QED) is 0.750. The monoisotopic (exact) mass is 340 g/mol. The summed E-state index contributed by atoms with van der Waals surface area (Å²) in [5.74, 6) is 0.0141. The van der Waals surface area contributed by atoms with E-state index in [9.17, 15) is 13.2 Å². The molecule has 128 valence electrons. The second-order valence-electron chi connectivity index (χ2n) is 6.01. The van der Waals surface area contributed by atoms with Crippen molar-refractivity contribution in [3.63, 3.8) is 0 Å². The van der Waals surface area contributed by atoms with Crippen LogP contribution in [0.25, 0.3) is 0 Å². The van der Waals surface area contributed by atoms with Gasteiger partial charge in [-0.1, -0.05) is 6.07 Å². The van der Waals surface area contributed by atoms with Crippen LogP contribution in [0.4, 0.5) is 0 Å². The van der Waals surface area contributed by atoms with Gasteiger partial charge in [-0.3, -0.25) is 14.7 Å². The lowest BCUT2D eigenvalue weighted by atomic mass is 10.2. The van der Waals surface area contributed by atoms with E-state index in [4.69, 9.17) is 0 Å². The molecule has 0 radical (unpaired) electrons. The van der Waals surface area contributed by atoms with Crippen LogP contribution >= 0.6 is 0 Å². The molecular formula is C15H24N4O3S. The van der Waals surface area contributed by atoms with Crippen molar-refractivity contribution < 1.29 is 13.2 Å². The zero-order valence-electron chi connectivity index (χ0n) is 13.9. The first-order valence-corrected chi connectivity index (χ1v) is 9.43. The van der Waals surface area contributed by atoms with Crippen LogP contribution in [0.5, 0.6) is 0 Å². The maximum atomic E-state index is 12.3. The van der Waals surface area contributed by atoms with Gasteiger partial charge in [0.15, 0.2) is 0 Å². The minimum absolute atomic E-state index is 0.0141. The standard InChI is InChI=1S/C15H24N4O3S/c1-13-4-5-14(16-10-13)11-17(2)15(20)12-18-6-8-19(9-7-18)23(3,21)22/h4-5,10H,6-9,11-12H2,1-3H3. The van der Waals surface area contributed by atoms with E-state index in [0.29, 0.717) is 39.3 Å². The molecule has 1 aliphatic rings. The topological polar surface area (TPSA) is 73.8 Å². The van der Waals surface area contributed by atoms with E-state index in [1.54, 1.807) is 18.1 Å². The van der Waals surface area contributed by atoms with Gasteiger partial charge in [0, 0.05) is 39.4 Å². The lowest BCUT2D eigenvalue weighted by Gasteiger charge is -2.33. The van der Waals surface area contributed by atoms with Gasteiger partial charge in [-0.25, -0.2) is 8.42 Å². The number of rotatable bonds is 5. The summed E-state index contributed by atoms with van der Waals surface area (Å²) in [4.78, 5) is 20.2. The number of hydrogen-bond donors (Lipinski definition) is 0. The van der Waals surface area contributed by atoms with E-state index in [2.05, 4.69) is 4.98 Å². The molecule has 0 N–H and O–H groups in total. The summed E-state index contributed by atoms with van der Waals surface area (Å²) in [5, 5.41) is 0. The Bertz CT molecular complexity index is 637. The fraction of sp³-hybridized carbons (Fsp3) is 0.600. The highest BCUT2D eigenvalue weighted by Gasteiger charge is 2.25. The highest BCUT2D eigenvalue weighted by atomic mass is 32.2. The van der Waals surface area contributed by atoms with Crippen molar-refractivity contribution in [3.8, 4) is 0 Å². The van der Waals surface area contributed by atoms with Crippen molar-refractivity contribution in [2.24, 2.45) is 0 Å². The summed E-state index contributed by atoms with van der Waals surface area (Å²) in [7, 11) is -1.37. The van der Waals surface area contributed by atoms with Crippen molar-refractivity contribution in [1.29, 1.82) is 0 Å². The number of pyridine rings is 1. The lowest BCUT2D eigenvalue weighted by molar-refractivity contribution is -0.132. The van der Waals surface area contributed by atoms with Crippen molar-refractivity contribution >= 4 is 15.9 Å². The Morgan fingerprint density at radius 3 is 2.43 bits per heavy atom. The second-order valence-corrected chi connectivity index (χ2v) is 8.00. The van der Waals surface area contributed by atoms with E-state index in [1.807, 2.05) is 24.0 Å². The molecule has 1 aliphatic heterocycles. The molecule has 1 aromatic rings. The number of aryl methyl sites for hydroxylation is 1. The molecule has 0 aromatic carbocycles. The second kappa shape index (κ2) is 7.37. The van der Waals surface area contributed by atoms with Gasteiger partial charge in [-0.05, 0) is 18.6 Å². The number of piperazine rings is 1. The summed E-state index contributed by atoms with van der Waals surface area (Å²) in [5.41, 5.74) is 1.94. The molecule has 7 nitrogen and oxygen atoms in total. The third-order valence-electron chi connectivity index (χ3n) is 3.96. The Hall–Kier alpha value is -1.51. The number of hydrogen-bond acceptors (Lipinski definition) is 5. The van der Waals surface area contributed by atoms with Crippen LogP contribution in [0.2, 0.25) is 0 Å². The molecule has 0 bridgehead atoms. The van der Waals surface area contributed by atoms with E-state index < -0.39 is 10.0 Å². The number of sulfonamides is 1. The maximum absolute atomic E-state index is 12.3. The van der Waals surface area contributed by atoms with Crippen LogP contribution in [0.15, 0.2) is 18.3 Å². The highest BCUT2D eigenvalue weighted by Crippen LogP contribution is 2.07. The zero-order valence-corrected chi connectivity index (χ0v) is 14.7. The van der Waals surface area contributed by atoms with Gasteiger partial charge in [0.1, 0.15) is 0 Å². The Morgan fingerprint density at radius 1 is 1.26 bits per heavy atom. The number of aromatic nitrogens is 1. The number of amides is 1. The first kappa shape index (κ1) is 17.8. The fourth-order valence-electron chi connectivity index (χ4n) is 2.45. The molecule has 2 heterocycles. The van der Waals surface area contributed by atoms with Gasteiger partial charge in [0.2, 0.25) is 15.9 Å². The third kappa shape index (κ3) is 5.26. The molecule has 0 spiro atoms. The van der Waals surface area contributed by atoms with Crippen molar-refractivity contribution in [2.75, 3.05) is 46.0 Å². The molecule has 1 fully saturated rings. The first-order chi connectivity index (χ1) is 10.8. The van der Waals surface area contributed by atoms with Crippen molar-refractivity contribution in [2.45, 2.75) is 13.5 Å².